The van der Waals surface area contributed by atoms with Gasteiger partial charge in [-0.15, -0.1) is 0 Å². The van der Waals surface area contributed by atoms with E-state index in [9.17, 15) is 13.2 Å². The number of hydrogen-bond acceptors (Lipinski definition) is 3. The van der Waals surface area contributed by atoms with E-state index >= 15 is 0 Å². The Balaban J connectivity index is 1.68. The van der Waals surface area contributed by atoms with Crippen molar-refractivity contribution in [3.8, 4) is 0 Å². The highest BCUT2D eigenvalue weighted by Crippen LogP contribution is 2.27. The van der Waals surface area contributed by atoms with Crippen molar-refractivity contribution in [3.05, 3.63) is 131 Å². The van der Waals surface area contributed by atoms with Crippen LogP contribution in [0.4, 0.5) is 5.69 Å². The first kappa shape index (κ1) is 24.5. The molecule has 0 saturated carbocycles. The average Bonchev–Trinajstić information content (AvgIpc) is 2.87. The van der Waals surface area contributed by atoms with E-state index in [0.29, 0.717) is 10.7 Å². The number of sulfonamides is 1. The Morgan fingerprint density at radius 1 is 0.829 bits per heavy atom. The summed E-state index contributed by atoms with van der Waals surface area (Å²) in [6.07, 6.45) is 0. The summed E-state index contributed by atoms with van der Waals surface area (Å²) in [5.41, 5.74) is 3.26. The van der Waals surface area contributed by atoms with E-state index in [2.05, 4.69) is 5.32 Å². The van der Waals surface area contributed by atoms with E-state index in [4.69, 9.17) is 11.6 Å². The van der Waals surface area contributed by atoms with Gasteiger partial charge in [-0.25, -0.2) is 8.42 Å². The molecule has 0 spiro atoms. The summed E-state index contributed by atoms with van der Waals surface area (Å²) in [5, 5.41) is 3.48. The molecule has 0 bridgehead atoms. The Morgan fingerprint density at radius 2 is 1.40 bits per heavy atom. The quantitative estimate of drug-likeness (QED) is 0.332. The molecule has 4 aromatic carbocycles. The molecule has 5 nitrogen and oxygen atoms in total. The molecule has 4 aromatic rings. The lowest BCUT2D eigenvalue weighted by Gasteiger charge is -2.26. The van der Waals surface area contributed by atoms with Gasteiger partial charge in [-0.05, 0) is 60.0 Å². The number of benzene rings is 4. The Hall–Kier alpha value is -3.61. The lowest BCUT2D eigenvalue weighted by Crippen LogP contribution is -2.42. The van der Waals surface area contributed by atoms with Crippen LogP contribution in [0.2, 0.25) is 5.02 Å². The normalized spacial score (nSPS) is 12.1. The van der Waals surface area contributed by atoms with E-state index < -0.39 is 22.0 Å². The second-order valence-electron chi connectivity index (χ2n) is 8.07. The third-order valence-corrected chi connectivity index (χ3v) is 7.71. The fourth-order valence-electron chi connectivity index (χ4n) is 3.88. The molecule has 0 heterocycles. The van der Waals surface area contributed by atoms with Gasteiger partial charge in [0.05, 0.1) is 16.6 Å². The summed E-state index contributed by atoms with van der Waals surface area (Å²) in [6.45, 7) is 1.60. The fourth-order valence-corrected chi connectivity index (χ4v) is 5.42. The minimum Gasteiger partial charge on any atom is -0.344 e. The minimum atomic E-state index is -4.03. The summed E-state index contributed by atoms with van der Waals surface area (Å²) in [4.78, 5) is 13.4. The van der Waals surface area contributed by atoms with Crippen molar-refractivity contribution in [2.24, 2.45) is 0 Å². The van der Waals surface area contributed by atoms with Crippen molar-refractivity contribution >= 4 is 33.2 Å². The lowest BCUT2D eigenvalue weighted by molar-refractivity contribution is -0.120. The van der Waals surface area contributed by atoms with E-state index in [1.807, 2.05) is 61.5 Å². The number of nitrogens with zero attached hydrogens (tertiary/aromatic N) is 1. The number of hydrogen-bond donors (Lipinski definition) is 1. The number of aryl methyl sites for hydroxylation is 1. The first-order chi connectivity index (χ1) is 16.9. The minimum absolute atomic E-state index is 0.0528. The second kappa shape index (κ2) is 10.8. The summed E-state index contributed by atoms with van der Waals surface area (Å²) < 4.78 is 28.2. The van der Waals surface area contributed by atoms with Crippen molar-refractivity contribution in [1.29, 1.82) is 0 Å². The van der Waals surface area contributed by atoms with Gasteiger partial charge >= 0.3 is 0 Å². The Labute approximate surface area is 211 Å². The SMILES string of the molecule is Cc1ccccc1[C@@H](NC(=O)CN(c1ccccc1)S(=O)(=O)c1ccc(Cl)cc1)c1ccccc1. The van der Waals surface area contributed by atoms with E-state index in [0.717, 1.165) is 21.0 Å². The van der Waals surface area contributed by atoms with Crippen molar-refractivity contribution in [3.63, 3.8) is 0 Å². The molecule has 35 heavy (non-hydrogen) atoms. The molecule has 7 heteroatoms. The van der Waals surface area contributed by atoms with Gasteiger partial charge < -0.3 is 5.32 Å². The van der Waals surface area contributed by atoms with Crippen LogP contribution in [0.25, 0.3) is 0 Å². The van der Waals surface area contributed by atoms with Gasteiger partial charge in [-0.2, -0.15) is 0 Å². The first-order valence-electron chi connectivity index (χ1n) is 11.1. The molecule has 1 N–H and O–H groups in total. The van der Waals surface area contributed by atoms with Gasteiger partial charge in [0.2, 0.25) is 5.91 Å². The maximum absolute atomic E-state index is 13.6. The van der Waals surface area contributed by atoms with Crippen LogP contribution in [-0.4, -0.2) is 20.9 Å². The van der Waals surface area contributed by atoms with Gasteiger partial charge in [-0.3, -0.25) is 9.10 Å². The molecule has 1 atom stereocenters. The maximum atomic E-state index is 13.6. The highest BCUT2D eigenvalue weighted by atomic mass is 35.5. The molecule has 0 saturated heterocycles. The summed E-state index contributed by atoms with van der Waals surface area (Å²) in [7, 11) is -4.03. The molecular weight excluding hydrogens is 480 g/mol. The molecular formula is C28H25ClN2O3S. The molecule has 4 rings (SSSR count). The first-order valence-corrected chi connectivity index (χ1v) is 12.9. The average molecular weight is 505 g/mol. The number of carbonyl (C=O) groups is 1. The molecule has 0 radical (unpaired) electrons. The Kier molecular flexibility index (Phi) is 7.54. The zero-order valence-corrected chi connectivity index (χ0v) is 20.7. The van der Waals surface area contributed by atoms with Crippen LogP contribution in [0.5, 0.6) is 0 Å². The number of nitrogens with one attached hydrogen (secondary N) is 1. The van der Waals surface area contributed by atoms with Crippen LogP contribution in [0, 0.1) is 6.92 Å². The maximum Gasteiger partial charge on any atom is 0.264 e. The number of carbonyl (C=O) groups excluding carboxylic acids is 1. The third kappa shape index (κ3) is 5.73. The van der Waals surface area contributed by atoms with Crippen LogP contribution in [0.1, 0.15) is 22.7 Å². The van der Waals surface area contributed by atoms with Crippen LogP contribution in [0.15, 0.2) is 114 Å². The molecule has 178 valence electrons. The predicted octanol–water partition coefficient (Wildman–Crippen LogP) is 5.75. The highest BCUT2D eigenvalue weighted by Gasteiger charge is 2.28. The zero-order valence-electron chi connectivity index (χ0n) is 19.1. The molecule has 1 amide bonds. The number of rotatable bonds is 8. The largest absolute Gasteiger partial charge is 0.344 e. The molecule has 0 unspecified atom stereocenters. The van der Waals surface area contributed by atoms with Crippen molar-refractivity contribution in [2.75, 3.05) is 10.8 Å². The molecule has 0 aromatic heterocycles. The van der Waals surface area contributed by atoms with Gasteiger partial charge in [0, 0.05) is 5.02 Å². The van der Waals surface area contributed by atoms with E-state index in [1.54, 1.807) is 30.3 Å². The second-order valence-corrected chi connectivity index (χ2v) is 10.4. The predicted molar refractivity (Wildman–Crippen MR) is 140 cm³/mol. The Bertz CT molecular complexity index is 1390. The van der Waals surface area contributed by atoms with Crippen molar-refractivity contribution < 1.29 is 13.2 Å². The fraction of sp³-hybridized carbons (Fsp3) is 0.107. The number of halogens is 1. The zero-order chi connectivity index (χ0) is 24.8. The van der Waals surface area contributed by atoms with Crippen LogP contribution in [0.3, 0.4) is 0 Å². The van der Waals surface area contributed by atoms with Crippen LogP contribution < -0.4 is 9.62 Å². The van der Waals surface area contributed by atoms with Crippen LogP contribution >= 0.6 is 11.6 Å². The molecule has 0 aliphatic heterocycles. The monoisotopic (exact) mass is 504 g/mol. The van der Waals surface area contributed by atoms with Gasteiger partial charge in [0.15, 0.2) is 0 Å². The topological polar surface area (TPSA) is 66.5 Å². The molecule has 0 aliphatic rings. The van der Waals surface area contributed by atoms with Gasteiger partial charge in [-0.1, -0.05) is 84.4 Å². The smallest absolute Gasteiger partial charge is 0.264 e. The summed E-state index contributed by atoms with van der Waals surface area (Å²) in [6, 6.07) is 31.5. The summed E-state index contributed by atoms with van der Waals surface area (Å²) in [5.74, 6) is -0.427. The number of anilines is 1. The molecule has 0 fully saturated rings. The third-order valence-electron chi connectivity index (χ3n) is 5.67. The van der Waals surface area contributed by atoms with Gasteiger partial charge in [0.25, 0.3) is 10.0 Å². The molecule has 0 aliphatic carbocycles. The number of para-hydroxylation sites is 1. The van der Waals surface area contributed by atoms with E-state index in [-0.39, 0.29) is 11.4 Å². The number of amides is 1. The standard InChI is InChI=1S/C28H25ClN2O3S/c1-21-10-8-9-15-26(21)28(22-11-4-2-5-12-22)30-27(32)20-31(24-13-6-3-7-14-24)35(33,34)25-18-16-23(29)17-19-25/h2-19,28H,20H2,1H3,(H,30,32)/t28-/m0/s1. The van der Waals surface area contributed by atoms with Crippen molar-refractivity contribution in [1.82, 2.24) is 5.32 Å². The van der Waals surface area contributed by atoms with Gasteiger partial charge in [0.1, 0.15) is 6.54 Å². The van der Waals surface area contributed by atoms with E-state index in [1.165, 1.54) is 24.3 Å². The summed E-state index contributed by atoms with van der Waals surface area (Å²) >= 11 is 5.96. The Morgan fingerprint density at radius 3 is 2.03 bits per heavy atom. The lowest BCUT2D eigenvalue weighted by atomic mass is 9.95. The van der Waals surface area contributed by atoms with Crippen LogP contribution in [-0.2, 0) is 14.8 Å². The highest BCUT2D eigenvalue weighted by molar-refractivity contribution is 7.92. The van der Waals surface area contributed by atoms with Crippen molar-refractivity contribution in [2.45, 2.75) is 17.9 Å².